The van der Waals surface area contributed by atoms with Crippen LogP contribution < -0.4 is 15.4 Å². The van der Waals surface area contributed by atoms with Gasteiger partial charge in [0.25, 0.3) is 6.02 Å². The fourth-order valence-electron chi connectivity index (χ4n) is 3.90. The average molecular weight is 498 g/mol. The number of aromatic nitrogens is 6. The van der Waals surface area contributed by atoms with Crippen molar-refractivity contribution in [1.29, 1.82) is 0 Å². The SMILES string of the molecule is CC1(C)COC(Nc2ccc3ncnc(Nc4ccc(Oc5cc6nncn6cn5)c(CO)c4)c3c2)=N1. The number of rotatable bonds is 6. The first kappa shape index (κ1) is 22.6. The van der Waals surface area contributed by atoms with E-state index in [2.05, 4.69) is 40.8 Å². The van der Waals surface area contributed by atoms with Crippen molar-refractivity contribution < 1.29 is 14.6 Å². The van der Waals surface area contributed by atoms with Crippen LogP contribution in [-0.4, -0.2) is 52.8 Å². The Bertz CT molecular complexity index is 1650. The first-order valence-corrected chi connectivity index (χ1v) is 11.5. The Morgan fingerprint density at radius 1 is 1.03 bits per heavy atom. The summed E-state index contributed by atoms with van der Waals surface area (Å²) < 4.78 is 13.2. The molecule has 3 aromatic heterocycles. The third-order valence-electron chi connectivity index (χ3n) is 5.72. The lowest BCUT2D eigenvalue weighted by molar-refractivity contribution is 0.276. The summed E-state index contributed by atoms with van der Waals surface area (Å²) in [6, 6.07) is 13.3. The van der Waals surface area contributed by atoms with Gasteiger partial charge in [0.1, 0.15) is 37.2 Å². The van der Waals surface area contributed by atoms with Gasteiger partial charge in [-0.1, -0.05) is 0 Å². The fraction of sp³-hybridized carbons (Fsp3) is 0.200. The van der Waals surface area contributed by atoms with E-state index < -0.39 is 0 Å². The van der Waals surface area contributed by atoms with Crippen molar-refractivity contribution in [2.45, 2.75) is 26.0 Å². The van der Waals surface area contributed by atoms with Crippen LogP contribution in [0.15, 0.2) is 66.4 Å². The number of ether oxygens (including phenoxy) is 2. The van der Waals surface area contributed by atoms with Gasteiger partial charge in [-0.3, -0.25) is 4.40 Å². The van der Waals surface area contributed by atoms with Gasteiger partial charge in [0.05, 0.1) is 17.7 Å². The summed E-state index contributed by atoms with van der Waals surface area (Å²) in [5, 5.41) is 25.2. The summed E-state index contributed by atoms with van der Waals surface area (Å²) in [6.07, 6.45) is 4.62. The lowest BCUT2D eigenvalue weighted by Crippen LogP contribution is -2.17. The minimum atomic E-state index is -0.255. The molecule has 1 aliphatic rings. The number of nitrogens with one attached hydrogen (secondary N) is 2. The Hall–Kier alpha value is -4.84. The van der Waals surface area contributed by atoms with E-state index >= 15 is 0 Å². The van der Waals surface area contributed by atoms with Crippen LogP contribution in [0.25, 0.3) is 16.6 Å². The second-order valence-corrected chi connectivity index (χ2v) is 9.13. The molecule has 0 radical (unpaired) electrons. The molecule has 4 heterocycles. The fourth-order valence-corrected chi connectivity index (χ4v) is 3.90. The maximum atomic E-state index is 9.99. The monoisotopic (exact) mass is 497 g/mol. The molecular formula is C25H23N9O3. The van der Waals surface area contributed by atoms with Gasteiger partial charge in [-0.15, -0.1) is 10.2 Å². The molecule has 0 atom stereocenters. The Morgan fingerprint density at radius 2 is 1.89 bits per heavy atom. The van der Waals surface area contributed by atoms with Gasteiger partial charge < -0.3 is 25.2 Å². The zero-order valence-electron chi connectivity index (χ0n) is 20.1. The Labute approximate surface area is 211 Å². The van der Waals surface area contributed by atoms with E-state index in [1.807, 2.05) is 38.1 Å². The highest BCUT2D eigenvalue weighted by Gasteiger charge is 2.26. The summed E-state index contributed by atoms with van der Waals surface area (Å²) in [5.41, 5.74) is 3.23. The number of aliphatic hydroxyl groups is 1. The molecule has 12 heteroatoms. The predicted octanol–water partition coefficient (Wildman–Crippen LogP) is 3.67. The van der Waals surface area contributed by atoms with E-state index in [4.69, 9.17) is 9.47 Å². The summed E-state index contributed by atoms with van der Waals surface area (Å²) in [6.45, 7) is 4.33. The number of benzene rings is 2. The average Bonchev–Trinajstić information content (AvgIpc) is 3.50. The maximum Gasteiger partial charge on any atom is 0.289 e. The molecule has 1 aliphatic heterocycles. The van der Waals surface area contributed by atoms with Crippen molar-refractivity contribution in [1.82, 2.24) is 29.5 Å². The molecule has 2 aromatic carbocycles. The van der Waals surface area contributed by atoms with Crippen LogP contribution in [0.3, 0.4) is 0 Å². The van der Waals surface area contributed by atoms with Gasteiger partial charge in [0.2, 0.25) is 5.88 Å². The molecule has 0 fully saturated rings. The van der Waals surface area contributed by atoms with Gasteiger partial charge in [0.15, 0.2) is 5.65 Å². The highest BCUT2D eigenvalue weighted by atomic mass is 16.5. The predicted molar refractivity (Wildman–Crippen MR) is 137 cm³/mol. The normalized spacial score (nSPS) is 14.4. The van der Waals surface area contributed by atoms with E-state index in [1.54, 1.807) is 35.3 Å². The van der Waals surface area contributed by atoms with E-state index in [-0.39, 0.29) is 12.1 Å². The van der Waals surface area contributed by atoms with Crippen molar-refractivity contribution in [3.63, 3.8) is 0 Å². The van der Waals surface area contributed by atoms with Crippen molar-refractivity contribution >= 4 is 39.8 Å². The number of aliphatic hydroxyl groups excluding tert-OH is 1. The molecule has 0 spiro atoms. The van der Waals surface area contributed by atoms with Crippen LogP contribution in [0.2, 0.25) is 0 Å². The van der Waals surface area contributed by atoms with E-state index in [0.29, 0.717) is 41.3 Å². The van der Waals surface area contributed by atoms with Crippen LogP contribution in [0, 0.1) is 0 Å². The van der Waals surface area contributed by atoms with Crippen molar-refractivity contribution in [3.8, 4) is 11.6 Å². The molecular weight excluding hydrogens is 474 g/mol. The van der Waals surface area contributed by atoms with E-state index in [1.165, 1.54) is 6.33 Å². The highest BCUT2D eigenvalue weighted by molar-refractivity contribution is 5.97. The number of amidine groups is 1. The molecule has 0 bridgehead atoms. The molecule has 0 unspecified atom stereocenters. The first-order chi connectivity index (χ1) is 18.0. The molecule has 12 nitrogen and oxygen atoms in total. The second-order valence-electron chi connectivity index (χ2n) is 9.13. The van der Waals surface area contributed by atoms with Crippen molar-refractivity contribution in [2.75, 3.05) is 17.2 Å². The van der Waals surface area contributed by atoms with Crippen LogP contribution >= 0.6 is 0 Å². The molecule has 0 saturated heterocycles. The zero-order valence-corrected chi connectivity index (χ0v) is 20.1. The van der Waals surface area contributed by atoms with Crippen molar-refractivity contribution in [2.24, 2.45) is 4.99 Å². The van der Waals surface area contributed by atoms with Crippen LogP contribution in [0.1, 0.15) is 19.4 Å². The highest BCUT2D eigenvalue weighted by Crippen LogP contribution is 2.31. The Balaban J connectivity index is 1.25. The molecule has 0 amide bonds. The number of anilines is 3. The minimum absolute atomic E-state index is 0.227. The summed E-state index contributed by atoms with van der Waals surface area (Å²) in [4.78, 5) is 17.6. The number of hydrogen-bond donors (Lipinski definition) is 3. The topological polar surface area (TPSA) is 144 Å². The van der Waals surface area contributed by atoms with Gasteiger partial charge in [0, 0.05) is 28.4 Å². The number of fused-ring (bicyclic) bond motifs is 2. The summed E-state index contributed by atoms with van der Waals surface area (Å²) >= 11 is 0. The second kappa shape index (κ2) is 8.99. The van der Waals surface area contributed by atoms with Gasteiger partial charge in [-0.05, 0) is 50.2 Å². The molecule has 0 aliphatic carbocycles. The molecule has 0 saturated carbocycles. The lowest BCUT2D eigenvalue weighted by Gasteiger charge is -2.13. The Morgan fingerprint density at radius 3 is 2.73 bits per heavy atom. The smallest absolute Gasteiger partial charge is 0.289 e. The van der Waals surface area contributed by atoms with Gasteiger partial charge in [-0.2, -0.15) is 0 Å². The van der Waals surface area contributed by atoms with Crippen LogP contribution in [-0.2, 0) is 11.3 Å². The summed E-state index contributed by atoms with van der Waals surface area (Å²) in [7, 11) is 0. The van der Waals surface area contributed by atoms with Crippen LogP contribution in [0.5, 0.6) is 11.6 Å². The molecule has 186 valence electrons. The third kappa shape index (κ3) is 4.69. The lowest BCUT2D eigenvalue weighted by atomic mass is 10.1. The quantitative estimate of drug-likeness (QED) is 0.318. The van der Waals surface area contributed by atoms with Gasteiger partial charge >= 0.3 is 0 Å². The van der Waals surface area contributed by atoms with Crippen LogP contribution in [0.4, 0.5) is 17.2 Å². The van der Waals surface area contributed by atoms with E-state index in [0.717, 1.165) is 22.3 Å². The number of aliphatic imine (C=N–C) groups is 1. The molecule has 5 aromatic rings. The van der Waals surface area contributed by atoms with E-state index in [9.17, 15) is 5.11 Å². The van der Waals surface area contributed by atoms with Gasteiger partial charge in [-0.25, -0.2) is 19.9 Å². The minimum Gasteiger partial charge on any atom is -0.462 e. The molecule has 6 rings (SSSR count). The third-order valence-corrected chi connectivity index (χ3v) is 5.72. The largest absolute Gasteiger partial charge is 0.462 e. The maximum absolute atomic E-state index is 9.99. The number of nitrogens with zero attached hydrogens (tertiary/aromatic N) is 7. The van der Waals surface area contributed by atoms with Crippen molar-refractivity contribution in [3.05, 3.63) is 67.0 Å². The summed E-state index contributed by atoms with van der Waals surface area (Å²) in [5.74, 6) is 1.43. The zero-order chi connectivity index (χ0) is 25.4. The molecule has 37 heavy (non-hydrogen) atoms. The number of hydrogen-bond acceptors (Lipinski definition) is 11. The first-order valence-electron chi connectivity index (χ1n) is 11.5. The standard InChI is InChI=1S/C25H23N9O3/c1-25(2)11-36-24(32-25)31-17-3-5-19-18(8-17)23(27-12-26-19)30-16-4-6-20(15(7-16)10-35)37-22-9-21-33-29-14-34(21)13-28-22/h3-9,12-14,35H,10-11H2,1-2H3,(H,31,32)(H,26,27,30). The molecule has 3 N–H and O–H groups in total. The Kier molecular flexibility index (Phi) is 5.49.